The highest BCUT2D eigenvalue weighted by Crippen LogP contribution is 2.21. The van der Waals surface area contributed by atoms with Gasteiger partial charge in [0.05, 0.1) is 18.2 Å². The molecule has 2 rings (SSSR count). The van der Waals surface area contributed by atoms with Crippen LogP contribution in [0, 0.1) is 0 Å². The van der Waals surface area contributed by atoms with Crippen molar-refractivity contribution in [3.8, 4) is 5.75 Å². The number of carbonyl (C=O) groups is 1. The van der Waals surface area contributed by atoms with Crippen molar-refractivity contribution in [2.24, 2.45) is 5.10 Å². The van der Waals surface area contributed by atoms with Gasteiger partial charge in [-0.15, -0.1) is 0 Å². The monoisotopic (exact) mass is 465 g/mol. The van der Waals surface area contributed by atoms with E-state index in [0.29, 0.717) is 28.1 Å². The fourth-order valence-electron chi connectivity index (χ4n) is 2.22. The van der Waals surface area contributed by atoms with E-state index in [1.165, 1.54) is 6.21 Å². The van der Waals surface area contributed by atoms with E-state index >= 15 is 0 Å². The molecule has 0 aliphatic heterocycles. The Hall–Kier alpha value is -2.65. The zero-order valence-electron chi connectivity index (χ0n) is 15.2. The number of anilines is 1. The maximum atomic E-state index is 12.2. The lowest BCUT2D eigenvalue weighted by Gasteiger charge is -2.21. The Labute approximate surface area is 172 Å². The van der Waals surface area contributed by atoms with E-state index in [1.54, 1.807) is 54.6 Å². The summed E-state index contributed by atoms with van der Waals surface area (Å²) in [6.45, 7) is 3.58. The molecule has 28 heavy (non-hydrogen) atoms. The lowest BCUT2D eigenvalue weighted by Crippen LogP contribution is -2.39. The minimum atomic E-state index is -3.65. The average Bonchev–Trinajstić information content (AvgIpc) is 2.64. The second-order valence-corrected chi connectivity index (χ2v) is 8.54. The van der Waals surface area contributed by atoms with Crippen molar-refractivity contribution in [2.45, 2.75) is 0 Å². The van der Waals surface area contributed by atoms with E-state index in [4.69, 9.17) is 4.74 Å². The average molecular weight is 466 g/mol. The van der Waals surface area contributed by atoms with Crippen molar-refractivity contribution in [3.63, 3.8) is 0 Å². The number of benzene rings is 2. The predicted octanol–water partition coefficient (Wildman–Crippen LogP) is 2.93. The van der Waals surface area contributed by atoms with Gasteiger partial charge in [-0.1, -0.05) is 46.8 Å². The smallest absolute Gasteiger partial charge is 0.260 e. The molecule has 9 heteroatoms. The third kappa shape index (κ3) is 6.82. The fraction of sp³-hybridized carbons (Fsp3) is 0.158. The molecule has 2 aromatic rings. The molecule has 0 aliphatic rings. The normalized spacial score (nSPS) is 11.2. The van der Waals surface area contributed by atoms with Crippen LogP contribution in [0.3, 0.4) is 0 Å². The Morgan fingerprint density at radius 1 is 1.29 bits per heavy atom. The number of nitrogens with one attached hydrogen (secondary N) is 1. The summed E-state index contributed by atoms with van der Waals surface area (Å²) >= 11 is 3.29. The molecule has 0 saturated carbocycles. The van der Waals surface area contributed by atoms with Crippen molar-refractivity contribution in [2.75, 3.05) is 23.7 Å². The molecule has 0 radical (unpaired) electrons. The first kappa shape index (κ1) is 21.6. The third-order valence-corrected chi connectivity index (χ3v) is 5.05. The van der Waals surface area contributed by atoms with E-state index in [9.17, 15) is 13.2 Å². The zero-order valence-corrected chi connectivity index (χ0v) is 17.6. The van der Waals surface area contributed by atoms with Crippen LogP contribution in [0.5, 0.6) is 5.75 Å². The van der Waals surface area contributed by atoms with Gasteiger partial charge in [0.2, 0.25) is 10.0 Å². The van der Waals surface area contributed by atoms with Crippen molar-refractivity contribution >= 4 is 43.8 Å². The molecular formula is C19H20BrN3O4S. The second kappa shape index (κ2) is 10.0. The van der Waals surface area contributed by atoms with Crippen molar-refractivity contribution < 1.29 is 17.9 Å². The number of amides is 1. The maximum Gasteiger partial charge on any atom is 0.260 e. The Kier molecular flexibility index (Phi) is 7.77. The largest absolute Gasteiger partial charge is 0.490 e. The number of ether oxygens (including phenoxy) is 1. The summed E-state index contributed by atoms with van der Waals surface area (Å²) in [6.07, 6.45) is 4.13. The molecule has 0 unspecified atom stereocenters. The van der Waals surface area contributed by atoms with Gasteiger partial charge in [0.15, 0.2) is 0 Å². The Bertz CT molecular complexity index is 977. The molecule has 148 valence electrons. The molecular weight excluding hydrogens is 446 g/mol. The zero-order chi connectivity index (χ0) is 20.6. The van der Waals surface area contributed by atoms with Gasteiger partial charge in [0.1, 0.15) is 18.9 Å². The fourth-order valence-corrected chi connectivity index (χ4v) is 3.45. The van der Waals surface area contributed by atoms with E-state index in [-0.39, 0.29) is 0 Å². The van der Waals surface area contributed by atoms with Gasteiger partial charge in [0.25, 0.3) is 5.91 Å². The number of nitrogens with zero attached hydrogens (tertiary/aromatic N) is 2. The number of hydrogen-bond donors (Lipinski definition) is 1. The van der Waals surface area contributed by atoms with Crippen LogP contribution in [-0.2, 0) is 14.8 Å². The number of rotatable bonds is 9. The van der Waals surface area contributed by atoms with Crippen LogP contribution in [0.2, 0.25) is 0 Å². The Morgan fingerprint density at radius 2 is 2.04 bits per heavy atom. The summed E-state index contributed by atoms with van der Waals surface area (Å²) in [5, 5.41) is 3.88. The van der Waals surface area contributed by atoms with Gasteiger partial charge >= 0.3 is 0 Å². The van der Waals surface area contributed by atoms with E-state index in [1.807, 2.05) is 0 Å². The molecule has 0 atom stereocenters. The summed E-state index contributed by atoms with van der Waals surface area (Å²) in [4.78, 5) is 12.2. The first-order chi connectivity index (χ1) is 13.3. The SMILES string of the molecule is C=CCOc1cccc(/C=N\NC(=O)CN(c2cccc(Br)c2)S(C)(=O)=O)c1. The van der Waals surface area contributed by atoms with E-state index in [2.05, 4.69) is 33.0 Å². The number of halogens is 1. The van der Waals surface area contributed by atoms with Gasteiger partial charge in [-0.3, -0.25) is 9.10 Å². The quantitative estimate of drug-likeness (QED) is 0.350. The Morgan fingerprint density at radius 3 is 2.71 bits per heavy atom. The first-order valence-corrected chi connectivity index (χ1v) is 10.8. The molecule has 0 aromatic heterocycles. The van der Waals surface area contributed by atoms with Crippen molar-refractivity contribution in [3.05, 3.63) is 71.2 Å². The molecule has 0 aliphatic carbocycles. The minimum Gasteiger partial charge on any atom is -0.490 e. The van der Waals surface area contributed by atoms with Gasteiger partial charge in [-0.05, 0) is 35.9 Å². The van der Waals surface area contributed by atoms with Crippen LogP contribution in [0.1, 0.15) is 5.56 Å². The molecule has 0 bridgehead atoms. The second-order valence-electron chi connectivity index (χ2n) is 5.71. The number of carbonyl (C=O) groups excluding carboxylic acids is 1. The molecule has 2 aromatic carbocycles. The van der Waals surface area contributed by atoms with Crippen LogP contribution in [0.15, 0.2) is 70.8 Å². The highest BCUT2D eigenvalue weighted by molar-refractivity contribution is 9.10. The van der Waals surface area contributed by atoms with Crippen molar-refractivity contribution in [1.29, 1.82) is 0 Å². The number of hydrazone groups is 1. The van der Waals surface area contributed by atoms with Crippen molar-refractivity contribution in [1.82, 2.24) is 5.43 Å². The summed E-state index contributed by atoms with van der Waals surface area (Å²) in [5.41, 5.74) is 3.43. The minimum absolute atomic E-state index is 0.378. The lowest BCUT2D eigenvalue weighted by atomic mass is 10.2. The van der Waals surface area contributed by atoms with Gasteiger partial charge < -0.3 is 4.74 Å². The van der Waals surface area contributed by atoms with Crippen LogP contribution in [-0.4, -0.2) is 39.9 Å². The third-order valence-electron chi connectivity index (χ3n) is 3.41. The lowest BCUT2D eigenvalue weighted by molar-refractivity contribution is -0.119. The molecule has 1 N–H and O–H groups in total. The first-order valence-electron chi connectivity index (χ1n) is 8.18. The van der Waals surface area contributed by atoms with Gasteiger partial charge in [0, 0.05) is 4.47 Å². The molecule has 0 saturated heterocycles. The van der Waals surface area contributed by atoms with E-state index < -0.39 is 22.5 Å². The number of hydrogen-bond acceptors (Lipinski definition) is 5. The topological polar surface area (TPSA) is 88.1 Å². The Balaban J connectivity index is 2.03. The summed E-state index contributed by atoms with van der Waals surface area (Å²) in [7, 11) is -3.65. The molecule has 7 nitrogen and oxygen atoms in total. The number of sulfonamides is 1. The summed E-state index contributed by atoms with van der Waals surface area (Å²) in [6, 6.07) is 13.8. The van der Waals surface area contributed by atoms with Crippen LogP contribution in [0.25, 0.3) is 0 Å². The molecule has 1 amide bonds. The summed E-state index contributed by atoms with van der Waals surface area (Å²) in [5.74, 6) is 0.0776. The predicted molar refractivity (Wildman–Crippen MR) is 114 cm³/mol. The van der Waals surface area contributed by atoms with Crippen LogP contribution in [0.4, 0.5) is 5.69 Å². The summed E-state index contributed by atoms with van der Waals surface area (Å²) < 4.78 is 31.3. The van der Waals surface area contributed by atoms with Crippen LogP contribution < -0.4 is 14.5 Å². The standard InChI is InChI=1S/C19H20BrN3O4S/c1-3-10-27-18-9-4-6-15(11-18)13-21-22-19(24)14-23(28(2,25)26)17-8-5-7-16(20)12-17/h3-9,11-13H,1,10,14H2,2H3,(H,22,24)/b21-13-. The highest BCUT2D eigenvalue weighted by atomic mass is 79.9. The van der Waals surface area contributed by atoms with Gasteiger partial charge in [-0.2, -0.15) is 5.10 Å². The van der Waals surface area contributed by atoms with Crippen LogP contribution >= 0.6 is 15.9 Å². The maximum absolute atomic E-state index is 12.2. The molecule has 0 fully saturated rings. The van der Waals surface area contributed by atoms with E-state index in [0.717, 1.165) is 10.6 Å². The van der Waals surface area contributed by atoms with Gasteiger partial charge in [-0.25, -0.2) is 13.8 Å². The highest BCUT2D eigenvalue weighted by Gasteiger charge is 2.20. The molecule has 0 heterocycles. The molecule has 0 spiro atoms.